The van der Waals surface area contributed by atoms with Gasteiger partial charge in [0.2, 0.25) is 0 Å². The Hall–Kier alpha value is 0.0600. The maximum absolute atomic E-state index is 4.35. The molecule has 1 heterocycles. The fourth-order valence-electron chi connectivity index (χ4n) is 1.03. The molecule has 0 bridgehead atoms. The molecule has 0 aliphatic rings. The van der Waals surface area contributed by atoms with Gasteiger partial charge < -0.3 is 0 Å². The SMILES string of the molecule is Brc1nc(-c2cccc(I)c2)cs1. The van der Waals surface area contributed by atoms with Crippen LogP contribution in [-0.4, -0.2) is 4.98 Å². The lowest BCUT2D eigenvalue weighted by molar-refractivity contribution is 1.37. The highest BCUT2D eigenvalue weighted by molar-refractivity contribution is 14.1. The van der Waals surface area contributed by atoms with E-state index in [2.05, 4.69) is 67.1 Å². The third kappa shape index (κ3) is 2.30. The third-order valence-corrected chi connectivity index (χ3v) is 3.63. The first-order chi connectivity index (χ1) is 6.25. The lowest BCUT2D eigenvalue weighted by Crippen LogP contribution is -1.77. The molecule has 0 unspecified atom stereocenters. The minimum atomic E-state index is 0.932. The highest BCUT2D eigenvalue weighted by Gasteiger charge is 2.01. The van der Waals surface area contributed by atoms with Crippen LogP contribution in [0.25, 0.3) is 11.3 Å². The van der Waals surface area contributed by atoms with Crippen LogP contribution in [0.15, 0.2) is 33.6 Å². The molecule has 0 saturated heterocycles. The summed E-state index contributed by atoms with van der Waals surface area (Å²) in [5.41, 5.74) is 2.21. The molecular formula is C9H5BrINS. The number of rotatable bonds is 1. The van der Waals surface area contributed by atoms with Gasteiger partial charge in [-0.3, -0.25) is 0 Å². The van der Waals surface area contributed by atoms with Crippen LogP contribution < -0.4 is 0 Å². The molecule has 0 saturated carbocycles. The average Bonchev–Trinajstić information content (AvgIpc) is 2.52. The molecule has 0 N–H and O–H groups in total. The Bertz CT molecular complexity index is 427. The Kier molecular flexibility index (Phi) is 3.00. The first-order valence-corrected chi connectivity index (χ1v) is 6.38. The van der Waals surface area contributed by atoms with Crippen molar-refractivity contribution in [2.45, 2.75) is 0 Å². The van der Waals surface area contributed by atoms with E-state index >= 15 is 0 Å². The molecule has 0 atom stereocenters. The second-order valence-electron chi connectivity index (χ2n) is 2.50. The minimum absolute atomic E-state index is 0.932. The van der Waals surface area contributed by atoms with E-state index in [1.807, 2.05) is 6.07 Å². The molecule has 0 fully saturated rings. The van der Waals surface area contributed by atoms with Crippen LogP contribution in [0.1, 0.15) is 0 Å². The summed E-state index contributed by atoms with van der Waals surface area (Å²) < 4.78 is 2.17. The van der Waals surface area contributed by atoms with E-state index < -0.39 is 0 Å². The van der Waals surface area contributed by atoms with E-state index in [4.69, 9.17) is 0 Å². The predicted octanol–water partition coefficient (Wildman–Crippen LogP) is 4.18. The number of aromatic nitrogens is 1. The van der Waals surface area contributed by atoms with Crippen molar-refractivity contribution in [2.75, 3.05) is 0 Å². The monoisotopic (exact) mass is 365 g/mol. The minimum Gasteiger partial charge on any atom is -0.229 e. The summed E-state index contributed by atoms with van der Waals surface area (Å²) in [5.74, 6) is 0. The van der Waals surface area contributed by atoms with Crippen molar-refractivity contribution >= 4 is 49.9 Å². The summed E-state index contributed by atoms with van der Waals surface area (Å²) in [5, 5.41) is 2.05. The summed E-state index contributed by atoms with van der Waals surface area (Å²) in [7, 11) is 0. The van der Waals surface area contributed by atoms with Crippen molar-refractivity contribution in [2.24, 2.45) is 0 Å². The molecule has 2 rings (SSSR count). The summed E-state index contributed by atoms with van der Waals surface area (Å²) in [6, 6.07) is 8.32. The second kappa shape index (κ2) is 4.06. The molecular weight excluding hydrogens is 361 g/mol. The quantitative estimate of drug-likeness (QED) is 0.691. The normalized spacial score (nSPS) is 10.3. The van der Waals surface area contributed by atoms with Crippen LogP contribution in [0.3, 0.4) is 0 Å². The van der Waals surface area contributed by atoms with Crippen molar-refractivity contribution in [1.82, 2.24) is 4.98 Å². The molecule has 0 radical (unpaired) electrons. The Labute approximate surface area is 102 Å². The molecule has 13 heavy (non-hydrogen) atoms. The van der Waals surface area contributed by atoms with Crippen molar-refractivity contribution in [3.8, 4) is 11.3 Å². The van der Waals surface area contributed by atoms with Crippen molar-refractivity contribution in [1.29, 1.82) is 0 Å². The van der Waals surface area contributed by atoms with Gasteiger partial charge in [-0.05, 0) is 50.7 Å². The summed E-state index contributed by atoms with van der Waals surface area (Å²) in [6.45, 7) is 0. The molecule has 66 valence electrons. The number of nitrogens with zero attached hydrogens (tertiary/aromatic N) is 1. The second-order valence-corrected chi connectivity index (χ2v) is 5.88. The van der Waals surface area contributed by atoms with E-state index in [1.54, 1.807) is 11.3 Å². The molecule has 0 aliphatic heterocycles. The van der Waals surface area contributed by atoms with E-state index in [1.165, 1.54) is 9.13 Å². The van der Waals surface area contributed by atoms with Gasteiger partial charge in [-0.15, -0.1) is 11.3 Å². The van der Waals surface area contributed by atoms with Crippen LogP contribution in [0.2, 0.25) is 0 Å². The zero-order valence-electron chi connectivity index (χ0n) is 6.50. The standard InChI is InChI=1S/C9H5BrINS/c10-9-12-8(5-13-9)6-2-1-3-7(11)4-6/h1-5H. The molecule has 1 aromatic carbocycles. The van der Waals surface area contributed by atoms with Gasteiger partial charge in [0.1, 0.15) is 0 Å². The van der Waals surface area contributed by atoms with Crippen molar-refractivity contribution in [3.05, 3.63) is 37.1 Å². The van der Waals surface area contributed by atoms with Crippen LogP contribution in [0.4, 0.5) is 0 Å². The van der Waals surface area contributed by atoms with Gasteiger partial charge in [0, 0.05) is 14.5 Å². The largest absolute Gasteiger partial charge is 0.229 e. The molecule has 1 nitrogen and oxygen atoms in total. The van der Waals surface area contributed by atoms with E-state index in [0.717, 1.165) is 9.61 Å². The van der Waals surface area contributed by atoms with Crippen molar-refractivity contribution in [3.63, 3.8) is 0 Å². The smallest absolute Gasteiger partial charge is 0.159 e. The van der Waals surface area contributed by atoms with Crippen LogP contribution in [0, 0.1) is 3.57 Å². The average molecular weight is 366 g/mol. The van der Waals surface area contributed by atoms with E-state index in [-0.39, 0.29) is 0 Å². The van der Waals surface area contributed by atoms with E-state index in [9.17, 15) is 0 Å². The zero-order valence-corrected chi connectivity index (χ0v) is 11.1. The molecule has 2 aromatic rings. The van der Waals surface area contributed by atoms with Gasteiger partial charge in [0.05, 0.1) is 5.69 Å². The molecule has 0 amide bonds. The van der Waals surface area contributed by atoms with Crippen LogP contribution in [0.5, 0.6) is 0 Å². The Morgan fingerprint density at radius 1 is 1.38 bits per heavy atom. The Balaban J connectivity index is 2.46. The van der Waals surface area contributed by atoms with Gasteiger partial charge >= 0.3 is 0 Å². The van der Waals surface area contributed by atoms with Crippen molar-refractivity contribution < 1.29 is 0 Å². The molecule has 4 heteroatoms. The first kappa shape index (κ1) is 9.61. The summed E-state index contributed by atoms with van der Waals surface area (Å²) in [4.78, 5) is 4.35. The number of hydrogen-bond donors (Lipinski definition) is 0. The van der Waals surface area contributed by atoms with Gasteiger partial charge in [0.25, 0.3) is 0 Å². The third-order valence-electron chi connectivity index (χ3n) is 1.60. The van der Waals surface area contributed by atoms with E-state index in [0.29, 0.717) is 0 Å². The fraction of sp³-hybridized carbons (Fsp3) is 0. The lowest BCUT2D eigenvalue weighted by atomic mass is 10.2. The number of benzene rings is 1. The zero-order chi connectivity index (χ0) is 9.26. The fourth-order valence-corrected chi connectivity index (χ4v) is 2.60. The lowest BCUT2D eigenvalue weighted by Gasteiger charge is -1.95. The predicted molar refractivity (Wildman–Crippen MR) is 68.0 cm³/mol. The maximum Gasteiger partial charge on any atom is 0.159 e. The van der Waals surface area contributed by atoms with Crippen LogP contribution in [-0.2, 0) is 0 Å². The van der Waals surface area contributed by atoms with Crippen LogP contribution >= 0.6 is 49.9 Å². The van der Waals surface area contributed by atoms with Gasteiger partial charge in [0.15, 0.2) is 3.92 Å². The van der Waals surface area contributed by atoms with Gasteiger partial charge in [-0.1, -0.05) is 12.1 Å². The van der Waals surface area contributed by atoms with Gasteiger partial charge in [-0.2, -0.15) is 0 Å². The molecule has 1 aromatic heterocycles. The number of thiazole rings is 1. The Morgan fingerprint density at radius 2 is 2.23 bits per heavy atom. The molecule has 0 aliphatic carbocycles. The summed E-state index contributed by atoms with van der Waals surface area (Å²) in [6.07, 6.45) is 0. The summed E-state index contributed by atoms with van der Waals surface area (Å²) >= 11 is 7.26. The topological polar surface area (TPSA) is 12.9 Å². The first-order valence-electron chi connectivity index (χ1n) is 3.63. The number of hydrogen-bond acceptors (Lipinski definition) is 2. The highest BCUT2D eigenvalue weighted by Crippen LogP contribution is 2.25. The maximum atomic E-state index is 4.35. The highest BCUT2D eigenvalue weighted by atomic mass is 127. The van der Waals surface area contributed by atoms with Gasteiger partial charge in [-0.25, -0.2) is 4.98 Å². The Morgan fingerprint density at radius 3 is 2.85 bits per heavy atom. The molecule has 0 spiro atoms. The number of halogens is 2.